The molecular formula is C23H20FN3O4. The first kappa shape index (κ1) is 20.3. The van der Waals surface area contributed by atoms with Crippen molar-refractivity contribution in [2.45, 2.75) is 19.4 Å². The number of hydrogen-bond donors (Lipinski definition) is 1. The molecular weight excluding hydrogens is 401 g/mol. The van der Waals surface area contributed by atoms with Crippen molar-refractivity contribution < 1.29 is 18.7 Å². The number of carbonyl (C=O) groups excluding carboxylic acids is 1. The highest BCUT2D eigenvalue weighted by Crippen LogP contribution is 2.41. The average molecular weight is 421 g/mol. The van der Waals surface area contributed by atoms with Crippen LogP contribution in [0.2, 0.25) is 0 Å². The summed E-state index contributed by atoms with van der Waals surface area (Å²) in [5, 5.41) is 0. The Morgan fingerprint density at radius 1 is 1.29 bits per heavy atom. The molecule has 158 valence electrons. The van der Waals surface area contributed by atoms with Crippen LogP contribution in [-0.2, 0) is 16.1 Å². The van der Waals surface area contributed by atoms with Gasteiger partial charge in [-0.3, -0.25) is 9.78 Å². The third kappa shape index (κ3) is 3.68. The molecule has 3 heterocycles. The van der Waals surface area contributed by atoms with Crippen molar-refractivity contribution in [1.29, 1.82) is 0 Å². The highest BCUT2D eigenvalue weighted by Gasteiger charge is 2.38. The van der Waals surface area contributed by atoms with Gasteiger partial charge >= 0.3 is 5.97 Å². The SMILES string of the molecule is COC(=O)C1=C(N)Oc2cc(C)n(Cc3cccnc3)c(=O)c2[C@H]1c1ccc(F)cc1. The maximum atomic E-state index is 13.6. The van der Waals surface area contributed by atoms with Gasteiger partial charge in [-0.1, -0.05) is 18.2 Å². The maximum Gasteiger partial charge on any atom is 0.340 e. The number of rotatable bonds is 4. The van der Waals surface area contributed by atoms with E-state index in [4.69, 9.17) is 15.2 Å². The minimum absolute atomic E-state index is 0.00418. The van der Waals surface area contributed by atoms with Crippen LogP contribution in [0.3, 0.4) is 0 Å². The van der Waals surface area contributed by atoms with Gasteiger partial charge in [0.05, 0.1) is 25.1 Å². The van der Waals surface area contributed by atoms with Crippen LogP contribution in [0.25, 0.3) is 0 Å². The lowest BCUT2D eigenvalue weighted by Crippen LogP contribution is -2.35. The van der Waals surface area contributed by atoms with Crippen LogP contribution in [-0.4, -0.2) is 22.6 Å². The number of methoxy groups -OCH3 is 1. The van der Waals surface area contributed by atoms with Crippen LogP contribution < -0.4 is 16.0 Å². The summed E-state index contributed by atoms with van der Waals surface area (Å²) >= 11 is 0. The van der Waals surface area contributed by atoms with E-state index in [9.17, 15) is 14.0 Å². The van der Waals surface area contributed by atoms with Crippen molar-refractivity contribution >= 4 is 5.97 Å². The van der Waals surface area contributed by atoms with Crippen LogP contribution in [0, 0.1) is 12.7 Å². The molecule has 0 aliphatic carbocycles. The second-order valence-electron chi connectivity index (χ2n) is 7.17. The van der Waals surface area contributed by atoms with Gasteiger partial charge in [-0.05, 0) is 36.2 Å². The molecule has 1 aliphatic rings. The van der Waals surface area contributed by atoms with Gasteiger partial charge in [0.25, 0.3) is 5.56 Å². The molecule has 0 saturated carbocycles. The number of pyridine rings is 2. The quantitative estimate of drug-likeness (QED) is 0.651. The van der Waals surface area contributed by atoms with E-state index < -0.39 is 17.7 Å². The monoisotopic (exact) mass is 421 g/mol. The Morgan fingerprint density at radius 2 is 2.03 bits per heavy atom. The van der Waals surface area contributed by atoms with Crippen molar-refractivity contribution in [3.63, 3.8) is 0 Å². The van der Waals surface area contributed by atoms with E-state index in [1.54, 1.807) is 36.0 Å². The molecule has 0 saturated heterocycles. The molecule has 31 heavy (non-hydrogen) atoms. The highest BCUT2D eigenvalue weighted by atomic mass is 19.1. The number of carbonyl (C=O) groups is 1. The number of ether oxygens (including phenoxy) is 2. The van der Waals surface area contributed by atoms with Gasteiger partial charge in [0.1, 0.15) is 17.1 Å². The molecule has 0 bridgehead atoms. The Kier molecular flexibility index (Phi) is 5.29. The van der Waals surface area contributed by atoms with Crippen LogP contribution in [0.1, 0.15) is 28.3 Å². The Labute approximate surface area is 177 Å². The molecule has 7 nitrogen and oxygen atoms in total. The number of nitrogens with two attached hydrogens (primary N) is 1. The molecule has 3 aromatic rings. The number of halogens is 1. The Balaban J connectivity index is 1.94. The molecule has 0 amide bonds. The first-order chi connectivity index (χ1) is 14.9. The average Bonchev–Trinajstić information content (AvgIpc) is 2.76. The first-order valence-electron chi connectivity index (χ1n) is 9.55. The Hall–Kier alpha value is -3.94. The predicted octanol–water partition coefficient (Wildman–Crippen LogP) is 2.61. The third-order valence-electron chi connectivity index (χ3n) is 5.24. The van der Waals surface area contributed by atoms with Gasteiger partial charge in [-0.25, -0.2) is 9.18 Å². The molecule has 0 unspecified atom stereocenters. The molecule has 2 N–H and O–H groups in total. The molecule has 8 heteroatoms. The number of esters is 1. The minimum Gasteiger partial charge on any atom is -0.465 e. The lowest BCUT2D eigenvalue weighted by molar-refractivity contribution is -0.136. The molecule has 0 radical (unpaired) electrons. The summed E-state index contributed by atoms with van der Waals surface area (Å²) in [7, 11) is 1.22. The van der Waals surface area contributed by atoms with Crippen LogP contribution in [0.5, 0.6) is 5.75 Å². The molecule has 0 fully saturated rings. The largest absolute Gasteiger partial charge is 0.465 e. The number of fused-ring (bicyclic) bond motifs is 1. The van der Waals surface area contributed by atoms with Crippen molar-refractivity contribution in [2.24, 2.45) is 5.73 Å². The summed E-state index contributed by atoms with van der Waals surface area (Å²) in [6, 6.07) is 10.9. The molecule has 1 atom stereocenters. The molecule has 4 rings (SSSR count). The summed E-state index contributed by atoms with van der Waals surface area (Å²) in [6.45, 7) is 2.07. The number of nitrogens with zero attached hydrogens (tertiary/aromatic N) is 2. The molecule has 0 spiro atoms. The number of hydrogen-bond acceptors (Lipinski definition) is 6. The highest BCUT2D eigenvalue weighted by molar-refractivity contribution is 5.92. The van der Waals surface area contributed by atoms with Gasteiger partial charge in [0.2, 0.25) is 5.88 Å². The van der Waals surface area contributed by atoms with E-state index in [1.807, 2.05) is 6.07 Å². The van der Waals surface area contributed by atoms with Gasteiger partial charge in [0, 0.05) is 24.2 Å². The Bertz CT molecular complexity index is 1230. The second-order valence-corrected chi connectivity index (χ2v) is 7.17. The van der Waals surface area contributed by atoms with E-state index in [1.165, 1.54) is 31.4 Å². The van der Waals surface area contributed by atoms with E-state index in [0.29, 0.717) is 11.3 Å². The Morgan fingerprint density at radius 3 is 2.68 bits per heavy atom. The fraction of sp³-hybridized carbons (Fsp3) is 0.174. The van der Waals surface area contributed by atoms with Crippen LogP contribution in [0.4, 0.5) is 4.39 Å². The normalized spacial score (nSPS) is 15.3. The van der Waals surface area contributed by atoms with Crippen molar-refractivity contribution in [1.82, 2.24) is 9.55 Å². The fourth-order valence-corrected chi connectivity index (χ4v) is 3.75. The summed E-state index contributed by atoms with van der Waals surface area (Å²) < 4.78 is 25.7. The van der Waals surface area contributed by atoms with Gasteiger partial charge in [-0.2, -0.15) is 0 Å². The minimum atomic E-state index is -0.870. The summed E-state index contributed by atoms with van der Waals surface area (Å²) in [5.41, 5.74) is 7.95. The van der Waals surface area contributed by atoms with Gasteiger partial charge in [-0.15, -0.1) is 0 Å². The van der Waals surface area contributed by atoms with Crippen molar-refractivity contribution in [2.75, 3.05) is 7.11 Å². The molecule has 2 aromatic heterocycles. The summed E-state index contributed by atoms with van der Waals surface area (Å²) in [6.07, 6.45) is 3.33. The number of aromatic nitrogens is 2. The van der Waals surface area contributed by atoms with Crippen LogP contribution in [0.15, 0.2) is 71.1 Å². The zero-order chi connectivity index (χ0) is 22.1. The first-order valence-corrected chi connectivity index (χ1v) is 9.55. The van der Waals surface area contributed by atoms with Crippen LogP contribution >= 0.6 is 0 Å². The summed E-state index contributed by atoms with van der Waals surface area (Å²) in [4.78, 5) is 30.3. The molecule has 1 aromatic carbocycles. The second kappa shape index (κ2) is 8.06. The fourth-order valence-electron chi connectivity index (χ4n) is 3.75. The zero-order valence-corrected chi connectivity index (χ0v) is 17.0. The third-order valence-corrected chi connectivity index (χ3v) is 5.24. The van der Waals surface area contributed by atoms with E-state index in [2.05, 4.69) is 4.98 Å². The van der Waals surface area contributed by atoms with Crippen molar-refractivity contribution in [3.05, 3.63) is 105 Å². The summed E-state index contributed by atoms with van der Waals surface area (Å²) in [5.74, 6) is -1.94. The number of benzene rings is 1. The molecule has 1 aliphatic heterocycles. The topological polar surface area (TPSA) is 96.4 Å². The maximum absolute atomic E-state index is 13.6. The van der Waals surface area contributed by atoms with E-state index in [-0.39, 0.29) is 34.9 Å². The van der Waals surface area contributed by atoms with Gasteiger partial charge < -0.3 is 19.8 Å². The zero-order valence-electron chi connectivity index (χ0n) is 17.0. The lowest BCUT2D eigenvalue weighted by atomic mass is 9.83. The van der Waals surface area contributed by atoms with E-state index >= 15 is 0 Å². The predicted molar refractivity (Wildman–Crippen MR) is 111 cm³/mol. The standard InChI is InChI=1S/C23H20FN3O4/c1-13-10-17-19(22(28)27(13)12-14-4-3-9-26-11-14)18(15-5-7-16(24)8-6-15)20(21(25)31-17)23(29)30-2/h3-11,18H,12,25H2,1-2H3/t18-/m1/s1. The van der Waals surface area contributed by atoms with Crippen molar-refractivity contribution in [3.8, 4) is 5.75 Å². The van der Waals surface area contributed by atoms with E-state index in [0.717, 1.165) is 5.56 Å². The lowest BCUT2D eigenvalue weighted by Gasteiger charge is -2.29. The van der Waals surface area contributed by atoms with Gasteiger partial charge in [0.15, 0.2) is 0 Å². The number of aryl methyl sites for hydroxylation is 1. The smallest absolute Gasteiger partial charge is 0.340 e.